The van der Waals surface area contributed by atoms with Crippen molar-refractivity contribution in [2.24, 2.45) is 0 Å². The number of esters is 1. The third kappa shape index (κ3) is 2.93. The summed E-state index contributed by atoms with van der Waals surface area (Å²) in [5.41, 5.74) is 3.60. The molecule has 1 fully saturated rings. The van der Waals surface area contributed by atoms with Crippen LogP contribution in [0.15, 0.2) is 42.7 Å². The Balaban J connectivity index is 1.56. The van der Waals surface area contributed by atoms with E-state index in [-0.39, 0.29) is 5.97 Å². The van der Waals surface area contributed by atoms with Crippen molar-refractivity contribution in [1.29, 1.82) is 0 Å². The number of methoxy groups -OCH3 is 1. The predicted molar refractivity (Wildman–Crippen MR) is 95.3 cm³/mol. The first kappa shape index (κ1) is 15.9. The number of carbonyl (C=O) groups excluding carboxylic acids is 1. The fourth-order valence-electron chi connectivity index (χ4n) is 3.36. The minimum absolute atomic E-state index is 0.312. The molecule has 6 nitrogen and oxygen atoms in total. The molecular weight excluding hydrogens is 340 g/mol. The molecule has 3 heterocycles. The number of fused-ring (bicyclic) bond motifs is 1. The van der Waals surface area contributed by atoms with Crippen LogP contribution in [0.2, 0.25) is 5.15 Å². The monoisotopic (exact) mass is 356 g/mol. The molecule has 3 aromatic rings. The Labute approximate surface area is 150 Å². The molecule has 128 valence electrons. The third-order valence-corrected chi connectivity index (χ3v) is 4.83. The van der Waals surface area contributed by atoms with Crippen LogP contribution in [0.1, 0.15) is 28.3 Å². The maximum atomic E-state index is 11.6. The van der Waals surface area contributed by atoms with Gasteiger partial charge in [0.1, 0.15) is 0 Å². The summed E-state index contributed by atoms with van der Waals surface area (Å²) in [6.07, 6.45) is 4.55. The third-order valence-electron chi connectivity index (χ3n) is 4.64. The van der Waals surface area contributed by atoms with Gasteiger partial charge in [0.25, 0.3) is 0 Å². The van der Waals surface area contributed by atoms with Gasteiger partial charge >= 0.3 is 5.97 Å². The second-order valence-electron chi connectivity index (χ2n) is 6.09. The second-order valence-corrected chi connectivity index (χ2v) is 6.48. The molecule has 1 aliphatic heterocycles. The molecular formula is C18H17ClN4O2. The minimum Gasteiger partial charge on any atom is -0.465 e. The predicted octanol–water partition coefficient (Wildman–Crippen LogP) is 3.16. The van der Waals surface area contributed by atoms with Crippen LogP contribution in [0.5, 0.6) is 0 Å². The molecule has 25 heavy (non-hydrogen) atoms. The molecule has 1 aliphatic rings. The topological polar surface area (TPSA) is 59.7 Å². The van der Waals surface area contributed by atoms with Crippen molar-refractivity contribution in [3.63, 3.8) is 0 Å². The highest BCUT2D eigenvalue weighted by molar-refractivity contribution is 6.29. The average molecular weight is 357 g/mol. The van der Waals surface area contributed by atoms with E-state index in [2.05, 4.69) is 15.0 Å². The number of imidazole rings is 1. The van der Waals surface area contributed by atoms with E-state index < -0.39 is 0 Å². The minimum atomic E-state index is -0.312. The zero-order valence-corrected chi connectivity index (χ0v) is 14.5. The maximum Gasteiger partial charge on any atom is 0.337 e. The molecule has 7 heteroatoms. The highest BCUT2D eigenvalue weighted by Gasteiger charge is 2.26. The normalized spacial score (nSPS) is 17.2. The lowest BCUT2D eigenvalue weighted by molar-refractivity contribution is 0.0600. The van der Waals surface area contributed by atoms with E-state index in [1.165, 1.54) is 12.7 Å². The molecule has 1 aromatic carbocycles. The first-order valence-corrected chi connectivity index (χ1v) is 8.46. The Morgan fingerprint density at radius 1 is 1.32 bits per heavy atom. The van der Waals surface area contributed by atoms with E-state index in [1.54, 1.807) is 16.9 Å². The number of anilines is 1. The molecule has 1 saturated heterocycles. The Morgan fingerprint density at radius 3 is 2.88 bits per heavy atom. The summed E-state index contributed by atoms with van der Waals surface area (Å²) in [7, 11) is 1.39. The van der Waals surface area contributed by atoms with E-state index >= 15 is 0 Å². The van der Waals surface area contributed by atoms with E-state index in [1.807, 2.05) is 30.3 Å². The number of ether oxygens (including phenoxy) is 1. The van der Waals surface area contributed by atoms with Crippen LogP contribution in [-0.4, -0.2) is 40.8 Å². The zero-order valence-electron chi connectivity index (χ0n) is 13.7. The van der Waals surface area contributed by atoms with Crippen LogP contribution >= 0.6 is 11.6 Å². The first-order valence-electron chi connectivity index (χ1n) is 8.09. The van der Waals surface area contributed by atoms with Gasteiger partial charge in [-0.05, 0) is 24.1 Å². The average Bonchev–Trinajstić information content (AvgIpc) is 3.29. The first-order chi connectivity index (χ1) is 12.2. The van der Waals surface area contributed by atoms with Gasteiger partial charge in [0, 0.05) is 37.5 Å². The smallest absolute Gasteiger partial charge is 0.337 e. The van der Waals surface area contributed by atoms with Crippen LogP contribution in [-0.2, 0) is 4.74 Å². The molecule has 0 spiro atoms. The molecule has 0 amide bonds. The van der Waals surface area contributed by atoms with Crippen LogP contribution in [0, 0.1) is 0 Å². The Bertz CT molecular complexity index is 922. The van der Waals surface area contributed by atoms with Gasteiger partial charge in [0.05, 0.1) is 18.4 Å². The summed E-state index contributed by atoms with van der Waals surface area (Å²) in [4.78, 5) is 18.2. The summed E-state index contributed by atoms with van der Waals surface area (Å²) >= 11 is 6.14. The van der Waals surface area contributed by atoms with E-state index in [4.69, 9.17) is 16.3 Å². The molecule has 1 atom stereocenters. The van der Waals surface area contributed by atoms with Gasteiger partial charge in [0.15, 0.2) is 10.8 Å². The number of rotatable bonds is 3. The molecule has 1 unspecified atom stereocenters. The second kappa shape index (κ2) is 6.37. The van der Waals surface area contributed by atoms with Gasteiger partial charge in [-0.3, -0.25) is 0 Å². The number of benzene rings is 1. The Hall–Kier alpha value is -2.60. The highest BCUT2D eigenvalue weighted by atomic mass is 35.5. The molecule has 2 aromatic heterocycles. The van der Waals surface area contributed by atoms with E-state index in [0.717, 1.165) is 30.8 Å². The zero-order chi connectivity index (χ0) is 17.4. The molecule has 4 rings (SSSR count). The number of hydrogen-bond acceptors (Lipinski definition) is 5. The number of nitrogens with zero attached hydrogens (tertiary/aromatic N) is 4. The lowest BCUT2D eigenvalue weighted by atomic mass is 9.97. The van der Waals surface area contributed by atoms with Crippen molar-refractivity contribution in [2.45, 2.75) is 12.3 Å². The summed E-state index contributed by atoms with van der Waals surface area (Å²) in [6.45, 7) is 1.80. The van der Waals surface area contributed by atoms with Gasteiger partial charge < -0.3 is 9.64 Å². The Morgan fingerprint density at radius 2 is 2.12 bits per heavy atom. The van der Waals surface area contributed by atoms with Gasteiger partial charge in [-0.1, -0.05) is 23.7 Å². The molecule has 0 radical (unpaired) electrons. The number of hydrogen-bond donors (Lipinski definition) is 0. The number of carbonyl (C=O) groups is 1. The Kier molecular flexibility index (Phi) is 4.05. The van der Waals surface area contributed by atoms with Gasteiger partial charge in [0.2, 0.25) is 0 Å². The molecule has 0 aliphatic carbocycles. The number of halogens is 1. The quantitative estimate of drug-likeness (QED) is 0.675. The van der Waals surface area contributed by atoms with E-state index in [0.29, 0.717) is 16.6 Å². The summed E-state index contributed by atoms with van der Waals surface area (Å²) in [6, 6.07) is 9.52. The van der Waals surface area contributed by atoms with Gasteiger partial charge in [-0.15, -0.1) is 0 Å². The lowest BCUT2D eigenvalue weighted by Crippen LogP contribution is -2.20. The number of aromatic nitrogens is 3. The largest absolute Gasteiger partial charge is 0.465 e. The summed E-state index contributed by atoms with van der Waals surface area (Å²) < 4.78 is 6.45. The van der Waals surface area contributed by atoms with Crippen molar-refractivity contribution < 1.29 is 9.53 Å². The van der Waals surface area contributed by atoms with Crippen molar-refractivity contribution >= 4 is 28.9 Å². The highest BCUT2D eigenvalue weighted by Crippen LogP contribution is 2.33. The fraction of sp³-hybridized carbons (Fsp3) is 0.278. The van der Waals surface area contributed by atoms with Crippen molar-refractivity contribution in [3.8, 4) is 0 Å². The van der Waals surface area contributed by atoms with Crippen LogP contribution in [0.25, 0.3) is 5.65 Å². The van der Waals surface area contributed by atoms with Crippen molar-refractivity contribution in [3.05, 3.63) is 59.0 Å². The van der Waals surface area contributed by atoms with Crippen molar-refractivity contribution in [2.75, 3.05) is 25.1 Å². The summed E-state index contributed by atoms with van der Waals surface area (Å²) in [5.74, 6) is 0.0846. The van der Waals surface area contributed by atoms with Crippen LogP contribution in [0.4, 0.5) is 5.69 Å². The van der Waals surface area contributed by atoms with Gasteiger partial charge in [-0.2, -0.15) is 5.10 Å². The van der Waals surface area contributed by atoms with Crippen LogP contribution in [0.3, 0.4) is 0 Å². The molecule has 0 saturated carbocycles. The van der Waals surface area contributed by atoms with Gasteiger partial charge in [-0.25, -0.2) is 14.3 Å². The lowest BCUT2D eigenvalue weighted by Gasteiger charge is -2.19. The standard InChI is InChI=1S/C18H17ClN4O2/c1-25-18(24)13-4-2-12(3-5-13)14-6-8-22(11-14)15-10-16(19)21-23-9-7-20-17(15)23/h2-5,7,9-10,14H,6,8,11H2,1H3. The molecule has 0 N–H and O–H groups in total. The summed E-state index contributed by atoms with van der Waals surface area (Å²) in [5, 5.41) is 4.68. The van der Waals surface area contributed by atoms with E-state index in [9.17, 15) is 4.79 Å². The maximum absolute atomic E-state index is 11.6. The fourth-order valence-corrected chi connectivity index (χ4v) is 3.55. The SMILES string of the molecule is COC(=O)c1ccc(C2CCN(c3cc(Cl)nn4ccnc34)C2)cc1. The van der Waals surface area contributed by atoms with Crippen LogP contribution < -0.4 is 4.90 Å². The van der Waals surface area contributed by atoms with Crippen molar-refractivity contribution in [1.82, 2.24) is 14.6 Å². The molecule has 0 bridgehead atoms.